The Bertz CT molecular complexity index is 654. The Hall–Kier alpha value is -1.28. The number of para-hydroxylation sites is 1. The lowest BCUT2D eigenvalue weighted by molar-refractivity contribution is 0.179. The summed E-state index contributed by atoms with van der Waals surface area (Å²) in [5.41, 5.74) is 3.97. The molecule has 0 bridgehead atoms. The van der Waals surface area contributed by atoms with Crippen LogP contribution >= 0.6 is 24.0 Å². The number of fused-ring (bicyclic) bond motifs is 1. The number of aromatic amines is 1. The summed E-state index contributed by atoms with van der Waals surface area (Å²) in [6, 6.07) is 6.74. The van der Waals surface area contributed by atoms with Crippen LogP contribution in [0.25, 0.3) is 10.9 Å². The summed E-state index contributed by atoms with van der Waals surface area (Å²) in [7, 11) is 3.49. The predicted molar refractivity (Wildman–Crippen MR) is 113 cm³/mol. The highest BCUT2D eigenvalue weighted by molar-refractivity contribution is 14.0. The number of halogens is 1. The number of H-pyrrole nitrogens is 1. The molecule has 0 saturated carbocycles. The molecular weight excluding hydrogens is 415 g/mol. The van der Waals surface area contributed by atoms with Crippen LogP contribution < -0.4 is 10.6 Å². The highest BCUT2D eigenvalue weighted by atomic mass is 127. The topological polar surface area (TPSA) is 61.4 Å². The first-order valence-electron chi connectivity index (χ1n) is 8.23. The first kappa shape index (κ1) is 20.8. The molecular formula is C18H29IN4O. The maximum absolute atomic E-state index is 5.13. The molecule has 1 unspecified atom stereocenters. The maximum Gasteiger partial charge on any atom is 0.191 e. The van der Waals surface area contributed by atoms with Crippen molar-refractivity contribution >= 4 is 40.8 Å². The Kier molecular flexibility index (Phi) is 9.13. The molecule has 0 aliphatic carbocycles. The van der Waals surface area contributed by atoms with Gasteiger partial charge < -0.3 is 20.4 Å². The molecule has 2 aromatic rings. The summed E-state index contributed by atoms with van der Waals surface area (Å²) in [6.45, 7) is 5.75. The van der Waals surface area contributed by atoms with Crippen LogP contribution in [0.2, 0.25) is 0 Å². The minimum absolute atomic E-state index is 0. The number of hydrogen-bond donors (Lipinski definition) is 3. The number of aryl methyl sites for hydroxylation is 1. The van der Waals surface area contributed by atoms with Gasteiger partial charge >= 0.3 is 0 Å². The van der Waals surface area contributed by atoms with Gasteiger partial charge in [-0.1, -0.05) is 25.1 Å². The highest BCUT2D eigenvalue weighted by Crippen LogP contribution is 2.22. The first-order chi connectivity index (χ1) is 11.2. The van der Waals surface area contributed by atoms with E-state index in [9.17, 15) is 0 Å². The number of nitrogens with zero attached hydrogens (tertiary/aromatic N) is 1. The molecule has 6 heteroatoms. The standard InChI is InChI=1S/C18H28N4O.HI/c1-5-14-7-6-8-16-15(11-21-17(14)16)9-10-20-18(19-3)22-13(2)12-23-4;/h6-8,11,13,21H,5,9-10,12H2,1-4H3,(H2,19,20,22);1H. The van der Waals surface area contributed by atoms with Gasteiger partial charge in [0.15, 0.2) is 5.96 Å². The van der Waals surface area contributed by atoms with Crippen LogP contribution in [0, 0.1) is 0 Å². The summed E-state index contributed by atoms with van der Waals surface area (Å²) in [5.74, 6) is 0.809. The van der Waals surface area contributed by atoms with Gasteiger partial charge in [-0.25, -0.2) is 0 Å². The van der Waals surface area contributed by atoms with E-state index in [0.29, 0.717) is 6.61 Å². The zero-order valence-corrected chi connectivity index (χ0v) is 17.3. The van der Waals surface area contributed by atoms with E-state index in [0.717, 1.165) is 25.3 Å². The average molecular weight is 444 g/mol. The Morgan fingerprint density at radius 2 is 2.12 bits per heavy atom. The Balaban J connectivity index is 0.00000288. The van der Waals surface area contributed by atoms with Gasteiger partial charge in [0, 0.05) is 43.8 Å². The first-order valence-corrected chi connectivity index (χ1v) is 8.23. The number of guanidine groups is 1. The Labute approximate surface area is 161 Å². The lowest BCUT2D eigenvalue weighted by Crippen LogP contribution is -2.44. The van der Waals surface area contributed by atoms with Gasteiger partial charge in [0.1, 0.15) is 0 Å². The van der Waals surface area contributed by atoms with Crippen LogP contribution in [0.3, 0.4) is 0 Å². The number of hydrogen-bond acceptors (Lipinski definition) is 2. The van der Waals surface area contributed by atoms with E-state index in [1.165, 1.54) is 22.0 Å². The normalized spacial score (nSPS) is 12.8. The number of benzene rings is 1. The molecule has 0 radical (unpaired) electrons. The Morgan fingerprint density at radius 3 is 2.79 bits per heavy atom. The number of methoxy groups -OCH3 is 1. The van der Waals surface area contributed by atoms with E-state index in [1.807, 2.05) is 0 Å². The van der Waals surface area contributed by atoms with Crippen LogP contribution in [0.15, 0.2) is 29.4 Å². The van der Waals surface area contributed by atoms with E-state index < -0.39 is 0 Å². The van der Waals surface area contributed by atoms with Gasteiger partial charge in [0.25, 0.3) is 0 Å². The fourth-order valence-electron chi connectivity index (χ4n) is 2.81. The van der Waals surface area contributed by atoms with Gasteiger partial charge in [-0.3, -0.25) is 4.99 Å². The average Bonchev–Trinajstić information content (AvgIpc) is 2.97. The third kappa shape index (κ3) is 5.37. The van der Waals surface area contributed by atoms with Crippen LogP contribution in [0.5, 0.6) is 0 Å². The van der Waals surface area contributed by atoms with Gasteiger partial charge in [-0.2, -0.15) is 0 Å². The van der Waals surface area contributed by atoms with Gasteiger partial charge in [-0.05, 0) is 30.9 Å². The van der Waals surface area contributed by atoms with Gasteiger partial charge in [0.05, 0.1) is 6.61 Å². The molecule has 0 aliphatic heterocycles. The van der Waals surface area contributed by atoms with Crippen molar-refractivity contribution in [2.45, 2.75) is 32.7 Å². The molecule has 0 amide bonds. The van der Waals surface area contributed by atoms with Crippen LogP contribution in [-0.2, 0) is 17.6 Å². The van der Waals surface area contributed by atoms with Gasteiger partial charge in [0.2, 0.25) is 0 Å². The molecule has 134 valence electrons. The second-order valence-electron chi connectivity index (χ2n) is 5.76. The van der Waals surface area contributed by atoms with Crippen molar-refractivity contribution in [3.05, 3.63) is 35.5 Å². The maximum atomic E-state index is 5.13. The van der Waals surface area contributed by atoms with Crippen LogP contribution in [-0.4, -0.2) is 44.3 Å². The van der Waals surface area contributed by atoms with Crippen molar-refractivity contribution in [2.24, 2.45) is 4.99 Å². The zero-order chi connectivity index (χ0) is 16.7. The summed E-state index contributed by atoms with van der Waals surface area (Å²) < 4.78 is 5.13. The summed E-state index contributed by atoms with van der Waals surface area (Å²) in [5, 5.41) is 7.99. The van der Waals surface area contributed by atoms with Gasteiger partial charge in [-0.15, -0.1) is 24.0 Å². The molecule has 2 rings (SSSR count). The molecule has 1 heterocycles. The lowest BCUT2D eigenvalue weighted by Gasteiger charge is -2.17. The molecule has 1 aromatic heterocycles. The van der Waals surface area contributed by atoms with Crippen molar-refractivity contribution in [3.8, 4) is 0 Å². The molecule has 0 saturated heterocycles. The monoisotopic (exact) mass is 444 g/mol. The number of aliphatic imine (C=N–C) groups is 1. The van der Waals surface area contributed by atoms with E-state index >= 15 is 0 Å². The lowest BCUT2D eigenvalue weighted by atomic mass is 10.1. The van der Waals surface area contributed by atoms with E-state index in [4.69, 9.17) is 4.74 Å². The molecule has 1 aromatic carbocycles. The summed E-state index contributed by atoms with van der Waals surface area (Å²) in [6.07, 6.45) is 4.12. The zero-order valence-electron chi connectivity index (χ0n) is 15.0. The predicted octanol–water partition coefficient (Wildman–Crippen LogP) is 3.09. The molecule has 0 fully saturated rings. The molecule has 24 heavy (non-hydrogen) atoms. The van der Waals surface area contributed by atoms with Crippen molar-refractivity contribution < 1.29 is 4.74 Å². The molecule has 1 atom stereocenters. The highest BCUT2D eigenvalue weighted by Gasteiger charge is 2.08. The fourth-order valence-corrected chi connectivity index (χ4v) is 2.81. The molecule has 5 nitrogen and oxygen atoms in total. The number of rotatable bonds is 7. The van der Waals surface area contributed by atoms with Crippen molar-refractivity contribution in [1.82, 2.24) is 15.6 Å². The second kappa shape index (κ2) is 10.6. The molecule has 0 aliphatic rings. The van der Waals surface area contributed by atoms with E-state index in [1.54, 1.807) is 14.2 Å². The van der Waals surface area contributed by atoms with E-state index in [-0.39, 0.29) is 30.0 Å². The third-order valence-corrected chi connectivity index (χ3v) is 3.98. The van der Waals surface area contributed by atoms with Crippen LogP contribution in [0.1, 0.15) is 25.0 Å². The SMILES string of the molecule is CCc1cccc2c(CCNC(=NC)NC(C)COC)c[nH]c12.I. The minimum atomic E-state index is 0. The Morgan fingerprint density at radius 1 is 1.33 bits per heavy atom. The van der Waals surface area contributed by atoms with Crippen molar-refractivity contribution in [1.29, 1.82) is 0 Å². The van der Waals surface area contributed by atoms with Crippen molar-refractivity contribution in [3.63, 3.8) is 0 Å². The summed E-state index contributed by atoms with van der Waals surface area (Å²) in [4.78, 5) is 7.67. The fraction of sp³-hybridized carbons (Fsp3) is 0.500. The number of ether oxygens (including phenoxy) is 1. The number of aromatic nitrogens is 1. The van der Waals surface area contributed by atoms with E-state index in [2.05, 4.69) is 58.9 Å². The largest absolute Gasteiger partial charge is 0.383 e. The second-order valence-corrected chi connectivity index (χ2v) is 5.76. The third-order valence-electron chi connectivity index (χ3n) is 3.98. The van der Waals surface area contributed by atoms with Crippen LogP contribution in [0.4, 0.5) is 0 Å². The quantitative estimate of drug-likeness (QED) is 0.350. The smallest absolute Gasteiger partial charge is 0.191 e. The summed E-state index contributed by atoms with van der Waals surface area (Å²) >= 11 is 0. The molecule has 0 spiro atoms. The number of nitrogens with one attached hydrogen (secondary N) is 3. The van der Waals surface area contributed by atoms with Crippen molar-refractivity contribution in [2.75, 3.05) is 27.3 Å². The molecule has 3 N–H and O–H groups in total. The minimum Gasteiger partial charge on any atom is -0.383 e.